The van der Waals surface area contributed by atoms with E-state index in [0.29, 0.717) is 28.3 Å². The molecule has 27 heavy (non-hydrogen) atoms. The minimum absolute atomic E-state index is 0.0593. The van der Waals surface area contributed by atoms with Crippen LogP contribution in [0.2, 0.25) is 5.02 Å². The second-order valence-electron chi connectivity index (χ2n) is 5.73. The first-order valence-corrected chi connectivity index (χ1v) is 9.39. The van der Waals surface area contributed by atoms with Crippen LogP contribution in [0.4, 0.5) is 13.2 Å². The van der Waals surface area contributed by atoms with Crippen molar-refractivity contribution >= 4 is 21.6 Å². The molecule has 142 valence electrons. The van der Waals surface area contributed by atoms with Crippen LogP contribution in [0.25, 0.3) is 22.4 Å². The summed E-state index contributed by atoms with van der Waals surface area (Å²) < 4.78 is 69.8. The number of halogens is 4. The predicted octanol–water partition coefficient (Wildman–Crippen LogP) is 4.37. The van der Waals surface area contributed by atoms with Gasteiger partial charge in [-0.15, -0.1) is 0 Å². The quantitative estimate of drug-likeness (QED) is 0.684. The summed E-state index contributed by atoms with van der Waals surface area (Å²) >= 11 is 5.98. The maximum Gasteiger partial charge on any atom is 0.241 e. The van der Waals surface area contributed by atoms with Crippen molar-refractivity contribution in [2.24, 2.45) is 5.14 Å². The van der Waals surface area contributed by atoms with E-state index in [9.17, 15) is 21.6 Å². The standard InChI is InChI=1S/C17H12ClF3N2O3S/c1-8-4-9(2-3-11(8)18)17-16(14(7-19)26-23-17)10-5-13(21)15(6-12(10)20)27(22,24)25/h2-6H,7H2,1H3,(H2,22,24,25). The molecule has 0 saturated heterocycles. The van der Waals surface area contributed by atoms with Crippen molar-refractivity contribution in [1.29, 1.82) is 0 Å². The maximum absolute atomic E-state index is 14.6. The van der Waals surface area contributed by atoms with Gasteiger partial charge in [0, 0.05) is 16.1 Å². The first kappa shape index (κ1) is 19.4. The molecule has 2 aromatic carbocycles. The van der Waals surface area contributed by atoms with Gasteiger partial charge >= 0.3 is 0 Å². The number of aryl methyl sites for hydroxylation is 1. The smallest absolute Gasteiger partial charge is 0.241 e. The highest BCUT2D eigenvalue weighted by Crippen LogP contribution is 2.38. The summed E-state index contributed by atoms with van der Waals surface area (Å²) in [5, 5.41) is 9.10. The van der Waals surface area contributed by atoms with Crippen LogP contribution in [0, 0.1) is 18.6 Å². The number of primary sulfonamides is 1. The molecule has 10 heteroatoms. The molecule has 1 aromatic heterocycles. The summed E-state index contributed by atoms with van der Waals surface area (Å²) in [6, 6.07) is 5.81. The van der Waals surface area contributed by atoms with Crippen LogP contribution in [-0.4, -0.2) is 13.6 Å². The maximum atomic E-state index is 14.6. The average Bonchev–Trinajstić information content (AvgIpc) is 3.01. The molecule has 2 N–H and O–H groups in total. The van der Waals surface area contributed by atoms with Gasteiger partial charge < -0.3 is 4.52 Å². The fraction of sp³-hybridized carbons (Fsp3) is 0.118. The van der Waals surface area contributed by atoms with E-state index in [1.165, 1.54) is 0 Å². The monoisotopic (exact) mass is 416 g/mol. The van der Waals surface area contributed by atoms with Crippen LogP contribution in [0.5, 0.6) is 0 Å². The molecular weight excluding hydrogens is 405 g/mol. The fourth-order valence-electron chi connectivity index (χ4n) is 2.62. The Morgan fingerprint density at radius 2 is 1.89 bits per heavy atom. The van der Waals surface area contributed by atoms with E-state index in [1.807, 2.05) is 0 Å². The van der Waals surface area contributed by atoms with Crippen molar-refractivity contribution in [3.8, 4) is 22.4 Å². The topological polar surface area (TPSA) is 86.2 Å². The SMILES string of the molecule is Cc1cc(-c2noc(CF)c2-c2cc(F)c(S(N)(=O)=O)cc2F)ccc1Cl. The molecule has 0 aliphatic rings. The number of sulfonamides is 1. The zero-order valence-corrected chi connectivity index (χ0v) is 15.3. The van der Waals surface area contributed by atoms with Gasteiger partial charge in [-0.05, 0) is 36.8 Å². The third kappa shape index (κ3) is 3.58. The zero-order chi connectivity index (χ0) is 19.9. The van der Waals surface area contributed by atoms with Gasteiger partial charge in [0.1, 0.15) is 22.2 Å². The van der Waals surface area contributed by atoms with Gasteiger partial charge in [0.25, 0.3) is 0 Å². The Balaban J connectivity index is 2.27. The highest BCUT2D eigenvalue weighted by atomic mass is 35.5. The van der Waals surface area contributed by atoms with Gasteiger partial charge in [0.05, 0.1) is 5.56 Å². The van der Waals surface area contributed by atoms with Crippen LogP contribution < -0.4 is 5.14 Å². The normalized spacial score (nSPS) is 11.8. The summed E-state index contributed by atoms with van der Waals surface area (Å²) in [4.78, 5) is -1.01. The van der Waals surface area contributed by atoms with Crippen molar-refractivity contribution < 1.29 is 26.1 Å². The predicted molar refractivity (Wildman–Crippen MR) is 93.2 cm³/mol. The third-order valence-electron chi connectivity index (χ3n) is 3.91. The van der Waals surface area contributed by atoms with Gasteiger partial charge in [0.15, 0.2) is 12.4 Å². The van der Waals surface area contributed by atoms with E-state index in [-0.39, 0.29) is 17.0 Å². The molecule has 5 nitrogen and oxygen atoms in total. The van der Waals surface area contributed by atoms with E-state index in [1.54, 1.807) is 25.1 Å². The van der Waals surface area contributed by atoms with Crippen molar-refractivity contribution in [1.82, 2.24) is 5.16 Å². The van der Waals surface area contributed by atoms with E-state index in [2.05, 4.69) is 5.16 Å². The Kier molecular flexibility index (Phi) is 5.02. The number of nitrogens with two attached hydrogens (primary N) is 1. The summed E-state index contributed by atoms with van der Waals surface area (Å²) in [6.45, 7) is 0.593. The number of alkyl halides is 1. The van der Waals surface area contributed by atoms with Crippen LogP contribution >= 0.6 is 11.6 Å². The molecule has 3 rings (SSSR count). The van der Waals surface area contributed by atoms with E-state index < -0.39 is 38.8 Å². The molecule has 0 fully saturated rings. The van der Waals surface area contributed by atoms with Gasteiger partial charge in [-0.2, -0.15) is 0 Å². The van der Waals surface area contributed by atoms with Crippen molar-refractivity contribution in [3.05, 3.63) is 58.3 Å². The molecule has 0 saturated carbocycles. The Morgan fingerprint density at radius 1 is 1.19 bits per heavy atom. The van der Waals surface area contributed by atoms with Gasteiger partial charge in [-0.1, -0.05) is 22.8 Å². The van der Waals surface area contributed by atoms with Crippen LogP contribution in [0.3, 0.4) is 0 Å². The average molecular weight is 417 g/mol. The van der Waals surface area contributed by atoms with E-state index in [0.717, 1.165) is 0 Å². The molecule has 0 atom stereocenters. The lowest BCUT2D eigenvalue weighted by atomic mass is 9.98. The Bertz CT molecular complexity index is 1150. The molecule has 0 bridgehead atoms. The Hall–Kier alpha value is -2.36. The van der Waals surface area contributed by atoms with Crippen LogP contribution in [0.15, 0.2) is 39.8 Å². The molecule has 0 aliphatic carbocycles. The molecule has 1 heterocycles. The molecular formula is C17H12ClF3N2O3S. The number of hydrogen-bond acceptors (Lipinski definition) is 4. The second kappa shape index (κ2) is 6.99. The molecule has 0 aliphatic heterocycles. The molecule has 3 aromatic rings. The first-order chi connectivity index (χ1) is 12.6. The number of aromatic nitrogens is 1. The summed E-state index contributed by atoms with van der Waals surface area (Å²) in [5.41, 5.74) is 0.642. The Morgan fingerprint density at radius 3 is 2.48 bits per heavy atom. The van der Waals surface area contributed by atoms with Gasteiger partial charge in [-0.3, -0.25) is 0 Å². The lowest BCUT2D eigenvalue weighted by Crippen LogP contribution is -2.14. The molecule has 0 radical (unpaired) electrons. The van der Waals surface area contributed by atoms with Crippen LogP contribution in [-0.2, 0) is 16.7 Å². The van der Waals surface area contributed by atoms with E-state index in [4.69, 9.17) is 21.3 Å². The molecule has 0 unspecified atom stereocenters. The lowest BCUT2D eigenvalue weighted by Gasteiger charge is -2.09. The van der Waals surface area contributed by atoms with Gasteiger partial charge in [0.2, 0.25) is 10.0 Å². The highest BCUT2D eigenvalue weighted by Gasteiger charge is 2.26. The number of hydrogen-bond donors (Lipinski definition) is 1. The molecule has 0 amide bonds. The number of benzene rings is 2. The van der Waals surface area contributed by atoms with Crippen molar-refractivity contribution in [3.63, 3.8) is 0 Å². The number of rotatable bonds is 4. The third-order valence-corrected chi connectivity index (χ3v) is 5.26. The Labute approximate surface area is 157 Å². The summed E-state index contributed by atoms with van der Waals surface area (Å²) in [6.07, 6.45) is 0. The second-order valence-corrected chi connectivity index (χ2v) is 7.67. The summed E-state index contributed by atoms with van der Waals surface area (Å²) in [7, 11) is -4.47. The first-order valence-electron chi connectivity index (χ1n) is 7.46. The van der Waals surface area contributed by atoms with Crippen molar-refractivity contribution in [2.45, 2.75) is 18.5 Å². The minimum Gasteiger partial charge on any atom is -0.357 e. The highest BCUT2D eigenvalue weighted by molar-refractivity contribution is 7.89. The van der Waals surface area contributed by atoms with Gasteiger partial charge in [-0.25, -0.2) is 26.7 Å². The van der Waals surface area contributed by atoms with Crippen LogP contribution in [0.1, 0.15) is 11.3 Å². The zero-order valence-electron chi connectivity index (χ0n) is 13.8. The minimum atomic E-state index is -4.47. The number of nitrogens with zero attached hydrogens (tertiary/aromatic N) is 1. The van der Waals surface area contributed by atoms with E-state index >= 15 is 0 Å². The lowest BCUT2D eigenvalue weighted by molar-refractivity contribution is 0.332. The molecule has 0 spiro atoms. The summed E-state index contributed by atoms with van der Waals surface area (Å²) in [5.74, 6) is -2.73. The van der Waals surface area contributed by atoms with Crippen molar-refractivity contribution in [2.75, 3.05) is 0 Å². The fourth-order valence-corrected chi connectivity index (χ4v) is 3.34. The largest absolute Gasteiger partial charge is 0.357 e.